The van der Waals surface area contributed by atoms with Crippen molar-refractivity contribution in [2.45, 2.75) is 52.7 Å². The summed E-state index contributed by atoms with van der Waals surface area (Å²) in [7, 11) is -1.26. The Balaban J connectivity index is 3.89. The van der Waals surface area contributed by atoms with Gasteiger partial charge in [0.25, 0.3) is 0 Å². The van der Waals surface area contributed by atoms with Gasteiger partial charge in [0.15, 0.2) is 15.3 Å². The molecule has 4 heteroatoms. The molecule has 2 atom stereocenters. The summed E-state index contributed by atoms with van der Waals surface area (Å²) in [6.45, 7) is 10.0. The van der Waals surface area contributed by atoms with E-state index in [-0.39, 0.29) is 5.41 Å². The van der Waals surface area contributed by atoms with Crippen LogP contribution in [0.2, 0.25) is 13.1 Å². The summed E-state index contributed by atoms with van der Waals surface area (Å²) in [5.74, 6) is 0. The van der Waals surface area contributed by atoms with Gasteiger partial charge in [-0.05, 0) is 24.9 Å². The first-order chi connectivity index (χ1) is 5.72. The Morgan fingerprint density at radius 2 is 1.69 bits per heavy atom. The van der Waals surface area contributed by atoms with Crippen LogP contribution in [0.25, 0.3) is 0 Å². The average Bonchev–Trinajstić information content (AvgIpc) is 1.81. The van der Waals surface area contributed by atoms with E-state index in [0.717, 1.165) is 0 Å². The molecule has 0 rings (SSSR count). The fourth-order valence-electron chi connectivity index (χ4n) is 1.10. The molecule has 2 unspecified atom stereocenters. The van der Waals surface area contributed by atoms with E-state index in [1.165, 1.54) is 0 Å². The van der Waals surface area contributed by atoms with Crippen molar-refractivity contribution in [1.29, 1.82) is 0 Å². The Bertz CT molecular complexity index is 142. The number of rotatable bonds is 4. The molecule has 13 heavy (non-hydrogen) atoms. The third kappa shape index (κ3) is 7.19. The maximum Gasteiger partial charge on any atom is 0.174 e. The standard InChI is InChI=1S/C9H22O3Si/c1-9(2,3)6-7(10)8(11)12-13(4)5/h7-8,10-11,13H,6H2,1-5H3. The summed E-state index contributed by atoms with van der Waals surface area (Å²) in [5.41, 5.74) is 0.0162. The third-order valence-corrected chi connectivity index (χ3v) is 2.39. The minimum atomic E-state index is -1.26. The van der Waals surface area contributed by atoms with Crippen LogP contribution in [0.1, 0.15) is 27.2 Å². The monoisotopic (exact) mass is 206 g/mol. The molecule has 0 aromatic carbocycles. The van der Waals surface area contributed by atoms with Crippen molar-refractivity contribution in [1.82, 2.24) is 0 Å². The van der Waals surface area contributed by atoms with Crippen LogP contribution in [0.5, 0.6) is 0 Å². The van der Waals surface area contributed by atoms with Gasteiger partial charge in [0.1, 0.15) is 6.10 Å². The van der Waals surface area contributed by atoms with E-state index in [1.807, 2.05) is 33.9 Å². The van der Waals surface area contributed by atoms with Gasteiger partial charge in [-0.25, -0.2) is 0 Å². The highest BCUT2D eigenvalue weighted by molar-refractivity contribution is 6.48. The van der Waals surface area contributed by atoms with Crippen LogP contribution in [0, 0.1) is 5.41 Å². The molecule has 0 amide bonds. The van der Waals surface area contributed by atoms with E-state index < -0.39 is 21.4 Å². The SMILES string of the molecule is C[SiH](C)OC(O)C(O)CC(C)(C)C. The molecule has 0 saturated heterocycles. The second-order valence-corrected chi connectivity index (χ2v) is 7.28. The van der Waals surface area contributed by atoms with E-state index in [2.05, 4.69) is 0 Å². The fraction of sp³-hybridized carbons (Fsp3) is 1.00. The molecule has 0 fully saturated rings. The summed E-state index contributed by atoms with van der Waals surface area (Å²) in [6, 6.07) is 0. The molecule has 0 bridgehead atoms. The Labute approximate surface area is 82.5 Å². The fourth-order valence-corrected chi connectivity index (χ4v) is 1.84. The predicted molar refractivity (Wildman–Crippen MR) is 56.0 cm³/mol. The van der Waals surface area contributed by atoms with Gasteiger partial charge in [0.05, 0.1) is 0 Å². The molecular formula is C9H22O3Si. The molecule has 0 saturated carbocycles. The topological polar surface area (TPSA) is 49.7 Å². The number of aliphatic hydroxyl groups is 2. The highest BCUT2D eigenvalue weighted by Crippen LogP contribution is 2.22. The molecule has 0 aromatic rings. The summed E-state index contributed by atoms with van der Waals surface area (Å²) >= 11 is 0. The maximum absolute atomic E-state index is 9.55. The summed E-state index contributed by atoms with van der Waals surface area (Å²) in [4.78, 5) is 0. The normalized spacial score (nSPS) is 17.5. The Kier molecular flexibility index (Phi) is 5.13. The second-order valence-electron chi connectivity index (χ2n) is 4.91. The first-order valence-corrected chi connectivity index (χ1v) is 7.52. The van der Waals surface area contributed by atoms with Crippen LogP contribution in [0.4, 0.5) is 0 Å². The van der Waals surface area contributed by atoms with Crippen molar-refractivity contribution < 1.29 is 14.6 Å². The van der Waals surface area contributed by atoms with Crippen LogP contribution < -0.4 is 0 Å². The predicted octanol–water partition coefficient (Wildman–Crippen LogP) is 1.10. The zero-order valence-electron chi connectivity index (χ0n) is 9.24. The lowest BCUT2D eigenvalue weighted by Crippen LogP contribution is -2.35. The van der Waals surface area contributed by atoms with Gasteiger partial charge in [-0.3, -0.25) is 0 Å². The average molecular weight is 206 g/mol. The number of hydrogen-bond acceptors (Lipinski definition) is 3. The lowest BCUT2D eigenvalue weighted by Gasteiger charge is -2.26. The smallest absolute Gasteiger partial charge is 0.174 e. The van der Waals surface area contributed by atoms with Gasteiger partial charge in [-0.1, -0.05) is 20.8 Å². The zero-order chi connectivity index (χ0) is 10.6. The van der Waals surface area contributed by atoms with Gasteiger partial charge in [0, 0.05) is 0 Å². The highest BCUT2D eigenvalue weighted by atomic mass is 28.3. The number of aliphatic hydroxyl groups excluding tert-OH is 2. The van der Waals surface area contributed by atoms with Gasteiger partial charge >= 0.3 is 0 Å². The van der Waals surface area contributed by atoms with Crippen LogP contribution in [-0.4, -0.2) is 31.6 Å². The third-order valence-electron chi connectivity index (χ3n) is 1.56. The van der Waals surface area contributed by atoms with E-state index in [1.54, 1.807) is 0 Å². The van der Waals surface area contributed by atoms with Crippen molar-refractivity contribution >= 4 is 9.04 Å². The first kappa shape index (κ1) is 13.1. The molecule has 3 nitrogen and oxygen atoms in total. The Morgan fingerprint density at radius 3 is 2.00 bits per heavy atom. The second kappa shape index (κ2) is 5.10. The molecule has 0 spiro atoms. The molecule has 0 heterocycles. The van der Waals surface area contributed by atoms with E-state index in [0.29, 0.717) is 6.42 Å². The largest absolute Gasteiger partial charge is 0.394 e. The van der Waals surface area contributed by atoms with E-state index in [4.69, 9.17) is 4.43 Å². The van der Waals surface area contributed by atoms with Gasteiger partial charge in [0.2, 0.25) is 0 Å². The summed E-state index contributed by atoms with van der Waals surface area (Å²) < 4.78 is 5.20. The van der Waals surface area contributed by atoms with Crippen molar-refractivity contribution in [2.75, 3.05) is 0 Å². The molecule has 0 aliphatic heterocycles. The molecule has 0 aliphatic rings. The molecule has 0 aromatic heterocycles. The lowest BCUT2D eigenvalue weighted by molar-refractivity contribution is -0.116. The minimum Gasteiger partial charge on any atom is -0.394 e. The first-order valence-electron chi connectivity index (χ1n) is 4.74. The van der Waals surface area contributed by atoms with Crippen molar-refractivity contribution in [3.63, 3.8) is 0 Å². The number of hydrogen-bond donors (Lipinski definition) is 2. The van der Waals surface area contributed by atoms with Crippen molar-refractivity contribution in [3.8, 4) is 0 Å². The molecule has 2 N–H and O–H groups in total. The molecule has 0 aliphatic carbocycles. The van der Waals surface area contributed by atoms with E-state index >= 15 is 0 Å². The van der Waals surface area contributed by atoms with Crippen LogP contribution in [0.15, 0.2) is 0 Å². The summed E-state index contributed by atoms with van der Waals surface area (Å²) in [6.07, 6.45) is -1.23. The van der Waals surface area contributed by atoms with Crippen LogP contribution in [-0.2, 0) is 4.43 Å². The van der Waals surface area contributed by atoms with Crippen LogP contribution >= 0.6 is 0 Å². The van der Waals surface area contributed by atoms with Gasteiger partial charge in [-0.15, -0.1) is 0 Å². The minimum absolute atomic E-state index is 0.0162. The van der Waals surface area contributed by atoms with Crippen molar-refractivity contribution in [3.05, 3.63) is 0 Å². The highest BCUT2D eigenvalue weighted by Gasteiger charge is 2.23. The Hall–Kier alpha value is 0.0969. The van der Waals surface area contributed by atoms with Gasteiger partial charge in [-0.2, -0.15) is 0 Å². The maximum atomic E-state index is 9.55. The van der Waals surface area contributed by atoms with Crippen LogP contribution in [0.3, 0.4) is 0 Å². The molecular weight excluding hydrogens is 184 g/mol. The zero-order valence-corrected chi connectivity index (χ0v) is 10.4. The van der Waals surface area contributed by atoms with Crippen molar-refractivity contribution in [2.24, 2.45) is 5.41 Å². The van der Waals surface area contributed by atoms with Gasteiger partial charge < -0.3 is 14.6 Å². The van der Waals surface area contributed by atoms with E-state index in [9.17, 15) is 10.2 Å². The molecule has 0 radical (unpaired) electrons. The Morgan fingerprint density at radius 1 is 1.23 bits per heavy atom. The lowest BCUT2D eigenvalue weighted by atomic mass is 9.89. The quantitative estimate of drug-likeness (QED) is 0.535. The summed E-state index contributed by atoms with van der Waals surface area (Å²) in [5, 5.41) is 19.0. The molecule has 80 valence electrons.